The maximum Gasteiger partial charge on any atom is 0.139 e. The first-order chi connectivity index (χ1) is 8.15. The van der Waals surface area contributed by atoms with E-state index in [9.17, 15) is 0 Å². The molecule has 0 aliphatic rings. The van der Waals surface area contributed by atoms with Crippen LogP contribution in [-0.4, -0.2) is 0 Å². The van der Waals surface area contributed by atoms with E-state index in [1.807, 2.05) is 30.3 Å². The molecule has 2 rings (SSSR count). The summed E-state index contributed by atoms with van der Waals surface area (Å²) in [5.74, 6) is 0.697. The summed E-state index contributed by atoms with van der Waals surface area (Å²) in [4.78, 5) is 0. The molecule has 2 aromatic carbocycles. The van der Waals surface area contributed by atoms with Gasteiger partial charge in [0.05, 0.1) is 5.02 Å². The minimum atomic E-state index is 0.526. The largest absolute Gasteiger partial charge is 0.487 e. The first-order valence-electron chi connectivity index (χ1n) is 5.28. The summed E-state index contributed by atoms with van der Waals surface area (Å²) in [7, 11) is 0. The summed E-state index contributed by atoms with van der Waals surface area (Å²) in [6.45, 7) is 2.59. The van der Waals surface area contributed by atoms with Gasteiger partial charge in [0.25, 0.3) is 0 Å². The van der Waals surface area contributed by atoms with E-state index in [-0.39, 0.29) is 0 Å². The fraction of sp³-hybridized carbons (Fsp3) is 0.143. The van der Waals surface area contributed by atoms with Crippen LogP contribution in [0.5, 0.6) is 5.75 Å². The predicted molar refractivity (Wildman–Crippen MR) is 74.7 cm³/mol. The molecule has 0 fully saturated rings. The Hall–Kier alpha value is -0.990. The Balaban J connectivity index is 2.09. The second-order valence-electron chi connectivity index (χ2n) is 3.85. The van der Waals surface area contributed by atoms with E-state index in [1.165, 1.54) is 5.56 Å². The summed E-state index contributed by atoms with van der Waals surface area (Å²) in [5, 5.41) is 0.626. The Morgan fingerprint density at radius 1 is 1.18 bits per heavy atom. The lowest BCUT2D eigenvalue weighted by Crippen LogP contribution is -1.96. The molecule has 1 nitrogen and oxygen atoms in total. The molecule has 2 aromatic rings. The Kier molecular flexibility index (Phi) is 4.08. The van der Waals surface area contributed by atoms with Gasteiger partial charge >= 0.3 is 0 Å². The smallest absolute Gasteiger partial charge is 0.139 e. The van der Waals surface area contributed by atoms with Crippen molar-refractivity contribution in [2.75, 3.05) is 0 Å². The number of benzene rings is 2. The van der Waals surface area contributed by atoms with Crippen molar-refractivity contribution < 1.29 is 4.74 Å². The van der Waals surface area contributed by atoms with Crippen molar-refractivity contribution in [3.05, 3.63) is 63.1 Å². The summed E-state index contributed by atoms with van der Waals surface area (Å²) in [5.41, 5.74) is 2.37. The van der Waals surface area contributed by atoms with Crippen LogP contribution in [0.4, 0.5) is 0 Å². The summed E-state index contributed by atoms with van der Waals surface area (Å²) >= 11 is 9.44. The number of ether oxygens (including phenoxy) is 1. The minimum absolute atomic E-state index is 0.526. The van der Waals surface area contributed by atoms with Gasteiger partial charge in [0.1, 0.15) is 12.4 Å². The third kappa shape index (κ3) is 3.48. The molecule has 0 spiro atoms. The normalized spacial score (nSPS) is 10.3. The van der Waals surface area contributed by atoms with Crippen molar-refractivity contribution >= 4 is 27.5 Å². The SMILES string of the molecule is Cc1cccc(COc2cc(Br)ccc2Cl)c1. The highest BCUT2D eigenvalue weighted by atomic mass is 79.9. The molecule has 17 heavy (non-hydrogen) atoms. The summed E-state index contributed by atoms with van der Waals surface area (Å²) < 4.78 is 6.66. The van der Waals surface area contributed by atoms with Crippen molar-refractivity contribution in [3.63, 3.8) is 0 Å². The molecule has 0 heterocycles. The van der Waals surface area contributed by atoms with Gasteiger partial charge < -0.3 is 4.74 Å². The molecule has 0 amide bonds. The van der Waals surface area contributed by atoms with Crippen molar-refractivity contribution in [1.29, 1.82) is 0 Å². The molecular formula is C14H12BrClO. The Bertz CT molecular complexity index is 525. The molecular weight excluding hydrogens is 300 g/mol. The van der Waals surface area contributed by atoms with Gasteiger partial charge in [-0.3, -0.25) is 0 Å². The number of hydrogen-bond acceptors (Lipinski definition) is 1. The highest BCUT2D eigenvalue weighted by Gasteiger charge is 2.02. The van der Waals surface area contributed by atoms with Crippen LogP contribution < -0.4 is 4.74 Å². The van der Waals surface area contributed by atoms with Gasteiger partial charge in [0.15, 0.2) is 0 Å². The van der Waals surface area contributed by atoms with E-state index < -0.39 is 0 Å². The zero-order valence-electron chi connectivity index (χ0n) is 9.41. The van der Waals surface area contributed by atoms with Gasteiger partial charge in [-0.15, -0.1) is 0 Å². The van der Waals surface area contributed by atoms with Crippen LogP contribution in [0.1, 0.15) is 11.1 Å². The minimum Gasteiger partial charge on any atom is -0.487 e. The maximum absolute atomic E-state index is 6.05. The first kappa shape index (κ1) is 12.5. The first-order valence-corrected chi connectivity index (χ1v) is 6.45. The van der Waals surface area contributed by atoms with Gasteiger partial charge in [-0.2, -0.15) is 0 Å². The average molecular weight is 312 g/mol. The van der Waals surface area contributed by atoms with Gasteiger partial charge in [0.2, 0.25) is 0 Å². The third-order valence-corrected chi connectivity index (χ3v) is 3.18. The fourth-order valence-electron chi connectivity index (χ4n) is 1.55. The van der Waals surface area contributed by atoms with Gasteiger partial charge in [-0.1, -0.05) is 57.4 Å². The number of hydrogen-bond donors (Lipinski definition) is 0. The second-order valence-corrected chi connectivity index (χ2v) is 5.18. The van der Waals surface area contributed by atoms with Crippen molar-refractivity contribution in [2.24, 2.45) is 0 Å². The fourth-order valence-corrected chi connectivity index (χ4v) is 2.06. The van der Waals surface area contributed by atoms with Crippen LogP contribution in [0.25, 0.3) is 0 Å². The van der Waals surface area contributed by atoms with E-state index in [1.54, 1.807) is 0 Å². The van der Waals surface area contributed by atoms with Gasteiger partial charge in [-0.25, -0.2) is 0 Å². The van der Waals surface area contributed by atoms with E-state index in [0.717, 1.165) is 10.0 Å². The molecule has 0 saturated heterocycles. The van der Waals surface area contributed by atoms with Gasteiger partial charge in [-0.05, 0) is 30.7 Å². The molecule has 0 aromatic heterocycles. The molecule has 0 saturated carbocycles. The topological polar surface area (TPSA) is 9.23 Å². The molecule has 0 aliphatic carbocycles. The molecule has 0 bridgehead atoms. The predicted octanol–water partition coefficient (Wildman–Crippen LogP) is 4.99. The highest BCUT2D eigenvalue weighted by Crippen LogP contribution is 2.28. The third-order valence-electron chi connectivity index (χ3n) is 2.37. The maximum atomic E-state index is 6.05. The molecule has 0 aliphatic heterocycles. The molecule has 3 heteroatoms. The highest BCUT2D eigenvalue weighted by molar-refractivity contribution is 9.10. The van der Waals surface area contributed by atoms with Crippen LogP contribution in [0.3, 0.4) is 0 Å². The van der Waals surface area contributed by atoms with E-state index in [2.05, 4.69) is 35.0 Å². The molecule has 0 atom stereocenters. The van der Waals surface area contributed by atoms with Crippen LogP contribution in [0.2, 0.25) is 5.02 Å². The van der Waals surface area contributed by atoms with Crippen LogP contribution in [0.15, 0.2) is 46.9 Å². The summed E-state index contributed by atoms with van der Waals surface area (Å²) in [6.07, 6.45) is 0. The zero-order chi connectivity index (χ0) is 12.3. The lowest BCUT2D eigenvalue weighted by molar-refractivity contribution is 0.306. The average Bonchev–Trinajstić information content (AvgIpc) is 2.30. The second kappa shape index (κ2) is 5.56. The van der Waals surface area contributed by atoms with E-state index in [4.69, 9.17) is 16.3 Å². The van der Waals surface area contributed by atoms with Gasteiger partial charge in [0, 0.05) is 4.47 Å². The van der Waals surface area contributed by atoms with Crippen molar-refractivity contribution in [2.45, 2.75) is 13.5 Å². The standard InChI is InChI=1S/C14H12BrClO/c1-10-3-2-4-11(7-10)9-17-14-8-12(15)5-6-13(14)16/h2-8H,9H2,1H3. The molecule has 0 N–H and O–H groups in total. The molecule has 88 valence electrons. The summed E-state index contributed by atoms with van der Waals surface area (Å²) in [6, 6.07) is 13.8. The molecule has 0 unspecified atom stereocenters. The van der Waals surface area contributed by atoms with Crippen molar-refractivity contribution in [1.82, 2.24) is 0 Å². The Morgan fingerprint density at radius 3 is 2.76 bits per heavy atom. The quantitative estimate of drug-likeness (QED) is 0.776. The molecule has 0 radical (unpaired) electrons. The number of aryl methyl sites for hydroxylation is 1. The number of halogens is 2. The van der Waals surface area contributed by atoms with Crippen LogP contribution in [0, 0.1) is 6.92 Å². The Morgan fingerprint density at radius 2 is 2.00 bits per heavy atom. The van der Waals surface area contributed by atoms with E-state index >= 15 is 0 Å². The van der Waals surface area contributed by atoms with E-state index in [0.29, 0.717) is 17.4 Å². The monoisotopic (exact) mass is 310 g/mol. The lowest BCUT2D eigenvalue weighted by Gasteiger charge is -2.09. The zero-order valence-corrected chi connectivity index (χ0v) is 11.8. The van der Waals surface area contributed by atoms with Crippen molar-refractivity contribution in [3.8, 4) is 5.75 Å². The van der Waals surface area contributed by atoms with Crippen LogP contribution >= 0.6 is 27.5 Å². The number of rotatable bonds is 3. The Labute approximate surface area is 115 Å². The van der Waals surface area contributed by atoms with Crippen LogP contribution in [-0.2, 0) is 6.61 Å². The lowest BCUT2D eigenvalue weighted by atomic mass is 10.1.